The molecule has 0 bridgehead atoms. The molecule has 128 valence electrons. The molecule has 0 aliphatic carbocycles. The van der Waals surface area contributed by atoms with Gasteiger partial charge in [-0.25, -0.2) is 4.39 Å². The predicted octanol–water partition coefficient (Wildman–Crippen LogP) is 2.05. The number of benzene rings is 1. The molecule has 1 aliphatic rings. The third-order valence-corrected chi connectivity index (χ3v) is 4.83. The summed E-state index contributed by atoms with van der Waals surface area (Å²) in [5, 5.41) is 10.8. The van der Waals surface area contributed by atoms with Crippen molar-refractivity contribution in [2.24, 2.45) is 7.05 Å². The molecule has 2 unspecified atom stereocenters. The van der Waals surface area contributed by atoms with Gasteiger partial charge in [-0.2, -0.15) is 5.10 Å². The highest BCUT2D eigenvalue weighted by atomic mass is 19.1. The topological polar surface area (TPSA) is 59.0 Å². The maximum Gasteiger partial charge on any atom is 0.255 e. The van der Waals surface area contributed by atoms with Crippen LogP contribution in [0.5, 0.6) is 0 Å². The number of aryl methyl sites for hydroxylation is 2. The Balaban J connectivity index is 1.81. The van der Waals surface area contributed by atoms with Gasteiger partial charge in [-0.15, -0.1) is 0 Å². The number of nitrogens with one attached hydrogen (secondary N) is 2. The Morgan fingerprint density at radius 3 is 2.67 bits per heavy atom. The largest absolute Gasteiger partial charge is 0.347 e. The van der Waals surface area contributed by atoms with Crippen molar-refractivity contribution in [2.75, 3.05) is 13.1 Å². The molecule has 2 atom stereocenters. The van der Waals surface area contributed by atoms with E-state index in [1.165, 1.54) is 12.1 Å². The molecule has 1 aromatic carbocycles. The van der Waals surface area contributed by atoms with Crippen molar-refractivity contribution in [3.8, 4) is 0 Å². The maximum atomic E-state index is 13.2. The van der Waals surface area contributed by atoms with Gasteiger partial charge in [0.05, 0.1) is 11.3 Å². The number of carbonyl (C=O) groups is 1. The molecular formula is C18H23FN4O. The molecule has 0 saturated carbocycles. The molecule has 1 amide bonds. The molecule has 2 N–H and O–H groups in total. The molecule has 2 heterocycles. The summed E-state index contributed by atoms with van der Waals surface area (Å²) in [6.45, 7) is 5.33. The molecule has 1 aliphatic heterocycles. The summed E-state index contributed by atoms with van der Waals surface area (Å²) < 4.78 is 14.9. The lowest BCUT2D eigenvalue weighted by atomic mass is 9.86. The number of carbonyl (C=O) groups excluding carboxylic acids is 1. The van der Waals surface area contributed by atoms with E-state index in [4.69, 9.17) is 0 Å². The van der Waals surface area contributed by atoms with E-state index < -0.39 is 0 Å². The van der Waals surface area contributed by atoms with Gasteiger partial charge in [-0.1, -0.05) is 12.1 Å². The summed E-state index contributed by atoms with van der Waals surface area (Å²) in [5.41, 5.74) is 3.28. The summed E-state index contributed by atoms with van der Waals surface area (Å²) in [6, 6.07) is 6.55. The predicted molar refractivity (Wildman–Crippen MR) is 90.6 cm³/mol. The van der Waals surface area contributed by atoms with Crippen LogP contribution in [0.2, 0.25) is 0 Å². The van der Waals surface area contributed by atoms with E-state index in [9.17, 15) is 9.18 Å². The Bertz CT molecular complexity index is 738. The van der Waals surface area contributed by atoms with Crippen LogP contribution in [0.4, 0.5) is 4.39 Å². The summed E-state index contributed by atoms with van der Waals surface area (Å²) >= 11 is 0. The zero-order valence-electron chi connectivity index (χ0n) is 14.3. The van der Waals surface area contributed by atoms with Gasteiger partial charge in [0.2, 0.25) is 0 Å². The maximum absolute atomic E-state index is 13.2. The van der Waals surface area contributed by atoms with Crippen molar-refractivity contribution in [3.63, 3.8) is 0 Å². The van der Waals surface area contributed by atoms with Crippen LogP contribution < -0.4 is 10.6 Å². The molecule has 6 heteroatoms. The quantitative estimate of drug-likeness (QED) is 0.905. The Hall–Kier alpha value is -2.21. The van der Waals surface area contributed by atoms with E-state index in [2.05, 4.69) is 15.7 Å². The number of hydrogen-bond donors (Lipinski definition) is 2. The number of aromatic nitrogens is 2. The standard InChI is InChI=1S/C18H23FN4O/c1-11-17(12(2)23(3)22-11)18(24)21-16-10-20-9-8-15(16)13-4-6-14(19)7-5-13/h4-7,15-16,20H,8-10H2,1-3H3,(H,21,24). The lowest BCUT2D eigenvalue weighted by Gasteiger charge is -2.33. The van der Waals surface area contributed by atoms with E-state index in [-0.39, 0.29) is 23.7 Å². The van der Waals surface area contributed by atoms with Gasteiger partial charge in [0.25, 0.3) is 5.91 Å². The van der Waals surface area contributed by atoms with Gasteiger partial charge in [-0.3, -0.25) is 9.48 Å². The average molecular weight is 330 g/mol. The molecule has 0 radical (unpaired) electrons. The minimum Gasteiger partial charge on any atom is -0.347 e. The second-order valence-electron chi connectivity index (χ2n) is 6.40. The van der Waals surface area contributed by atoms with E-state index in [0.29, 0.717) is 12.1 Å². The summed E-state index contributed by atoms with van der Waals surface area (Å²) in [6.07, 6.45) is 0.904. The van der Waals surface area contributed by atoms with Crippen LogP contribution in [0.1, 0.15) is 39.6 Å². The van der Waals surface area contributed by atoms with E-state index in [0.717, 1.165) is 29.9 Å². The van der Waals surface area contributed by atoms with Crippen LogP contribution in [0.15, 0.2) is 24.3 Å². The Morgan fingerprint density at radius 1 is 1.33 bits per heavy atom. The Kier molecular flexibility index (Phi) is 4.66. The van der Waals surface area contributed by atoms with Crippen molar-refractivity contribution in [1.82, 2.24) is 20.4 Å². The van der Waals surface area contributed by atoms with Crippen molar-refractivity contribution < 1.29 is 9.18 Å². The summed E-state index contributed by atoms with van der Waals surface area (Å²) in [4.78, 5) is 12.7. The first kappa shape index (κ1) is 16.6. The van der Waals surface area contributed by atoms with Crippen molar-refractivity contribution in [2.45, 2.75) is 32.2 Å². The first-order valence-corrected chi connectivity index (χ1v) is 8.24. The molecule has 3 rings (SSSR count). The smallest absolute Gasteiger partial charge is 0.255 e. The minimum atomic E-state index is -0.241. The van der Waals surface area contributed by atoms with Crippen LogP contribution >= 0.6 is 0 Å². The normalized spacial score (nSPS) is 20.8. The number of nitrogens with zero attached hydrogens (tertiary/aromatic N) is 2. The highest BCUT2D eigenvalue weighted by Crippen LogP contribution is 2.26. The molecular weight excluding hydrogens is 307 g/mol. The van der Waals surface area contributed by atoms with E-state index in [1.807, 2.05) is 33.0 Å². The number of rotatable bonds is 3. The zero-order valence-corrected chi connectivity index (χ0v) is 14.3. The van der Waals surface area contributed by atoms with Crippen molar-refractivity contribution in [3.05, 3.63) is 52.6 Å². The molecule has 2 aromatic rings. The molecule has 1 fully saturated rings. The van der Waals surface area contributed by atoms with Gasteiger partial charge >= 0.3 is 0 Å². The number of piperidine rings is 1. The lowest BCUT2D eigenvalue weighted by molar-refractivity contribution is 0.0923. The fourth-order valence-electron chi connectivity index (χ4n) is 3.46. The lowest BCUT2D eigenvalue weighted by Crippen LogP contribution is -2.50. The molecule has 1 saturated heterocycles. The van der Waals surface area contributed by atoms with E-state index >= 15 is 0 Å². The van der Waals surface area contributed by atoms with Crippen LogP contribution in [-0.4, -0.2) is 34.8 Å². The molecule has 5 nitrogen and oxygen atoms in total. The minimum absolute atomic E-state index is 0.0317. The van der Waals surface area contributed by atoms with Crippen molar-refractivity contribution in [1.29, 1.82) is 0 Å². The molecule has 0 spiro atoms. The van der Waals surface area contributed by atoms with Gasteiger partial charge in [-0.05, 0) is 44.5 Å². The highest BCUT2D eigenvalue weighted by molar-refractivity contribution is 5.96. The van der Waals surface area contributed by atoms with Crippen molar-refractivity contribution >= 4 is 5.91 Å². The fraction of sp³-hybridized carbons (Fsp3) is 0.444. The average Bonchev–Trinajstić information content (AvgIpc) is 2.81. The summed E-state index contributed by atoms with van der Waals surface area (Å²) in [5.74, 6) is -0.165. The molecule has 24 heavy (non-hydrogen) atoms. The number of amides is 1. The zero-order chi connectivity index (χ0) is 17.3. The first-order chi connectivity index (χ1) is 11.5. The Labute approximate surface area is 141 Å². The first-order valence-electron chi connectivity index (χ1n) is 8.24. The van der Waals surface area contributed by atoms with E-state index in [1.54, 1.807) is 4.68 Å². The Morgan fingerprint density at radius 2 is 2.04 bits per heavy atom. The number of hydrogen-bond acceptors (Lipinski definition) is 3. The third kappa shape index (κ3) is 3.19. The van der Waals surface area contributed by atoms with Crippen LogP contribution in [0, 0.1) is 19.7 Å². The highest BCUT2D eigenvalue weighted by Gasteiger charge is 2.29. The van der Waals surface area contributed by atoms with Gasteiger partial charge in [0, 0.05) is 31.2 Å². The second kappa shape index (κ2) is 6.73. The second-order valence-corrected chi connectivity index (χ2v) is 6.40. The van der Waals surface area contributed by atoms with Crippen LogP contribution in [-0.2, 0) is 7.05 Å². The van der Waals surface area contributed by atoms with Gasteiger partial charge in [0.1, 0.15) is 5.82 Å². The monoisotopic (exact) mass is 330 g/mol. The van der Waals surface area contributed by atoms with Gasteiger partial charge < -0.3 is 10.6 Å². The van der Waals surface area contributed by atoms with Crippen LogP contribution in [0.3, 0.4) is 0 Å². The molecule has 1 aromatic heterocycles. The van der Waals surface area contributed by atoms with Gasteiger partial charge in [0.15, 0.2) is 0 Å². The SMILES string of the molecule is Cc1nn(C)c(C)c1C(=O)NC1CNCCC1c1ccc(F)cc1. The third-order valence-electron chi connectivity index (χ3n) is 4.83. The number of halogens is 1. The van der Waals surface area contributed by atoms with Crippen LogP contribution in [0.25, 0.3) is 0 Å². The fourth-order valence-corrected chi connectivity index (χ4v) is 3.46. The summed E-state index contributed by atoms with van der Waals surface area (Å²) in [7, 11) is 1.84.